The molecule has 17 heavy (non-hydrogen) atoms. The van der Waals surface area contributed by atoms with Crippen LogP contribution in [0.4, 0.5) is 0 Å². The van der Waals surface area contributed by atoms with Gasteiger partial charge in [0.25, 0.3) is 0 Å². The highest BCUT2D eigenvalue weighted by Gasteiger charge is 2.20. The van der Waals surface area contributed by atoms with E-state index in [4.69, 9.17) is 5.73 Å². The molecule has 0 unspecified atom stereocenters. The van der Waals surface area contributed by atoms with Gasteiger partial charge in [-0.25, -0.2) is 12.7 Å². The lowest BCUT2D eigenvalue weighted by atomic mass is 10.1. The topological polar surface area (TPSA) is 63.4 Å². The average molecular weight is 256 g/mol. The van der Waals surface area contributed by atoms with Gasteiger partial charge in [0.05, 0.1) is 5.75 Å². The summed E-state index contributed by atoms with van der Waals surface area (Å²) in [5.74, 6) is 0.0233. The van der Waals surface area contributed by atoms with Crippen LogP contribution in [0.25, 0.3) is 0 Å². The quantitative estimate of drug-likeness (QED) is 0.864. The van der Waals surface area contributed by atoms with Crippen LogP contribution >= 0.6 is 0 Å². The lowest BCUT2D eigenvalue weighted by Crippen LogP contribution is -2.34. The molecule has 1 aromatic rings. The third kappa shape index (κ3) is 3.80. The third-order valence-corrected chi connectivity index (χ3v) is 4.74. The maximum absolute atomic E-state index is 12.0. The second-order valence-electron chi connectivity index (χ2n) is 4.39. The number of hydrogen-bond donors (Lipinski definition) is 1. The Morgan fingerprint density at radius 3 is 2.41 bits per heavy atom. The van der Waals surface area contributed by atoms with Crippen LogP contribution in [0.3, 0.4) is 0 Å². The summed E-state index contributed by atoms with van der Waals surface area (Å²) in [6.07, 6.45) is 0. The van der Waals surface area contributed by atoms with Crippen molar-refractivity contribution in [1.29, 1.82) is 0 Å². The second-order valence-corrected chi connectivity index (χ2v) is 6.42. The average Bonchev–Trinajstić information content (AvgIpc) is 2.27. The maximum Gasteiger partial charge on any atom is 0.218 e. The van der Waals surface area contributed by atoms with E-state index < -0.39 is 10.0 Å². The van der Waals surface area contributed by atoms with Gasteiger partial charge < -0.3 is 5.73 Å². The first-order valence-corrected chi connectivity index (χ1v) is 7.21. The number of benzene rings is 1. The van der Waals surface area contributed by atoms with Crippen molar-refractivity contribution in [3.8, 4) is 0 Å². The Balaban J connectivity index is 2.90. The van der Waals surface area contributed by atoms with Gasteiger partial charge in [-0.05, 0) is 25.0 Å². The van der Waals surface area contributed by atoms with Crippen LogP contribution < -0.4 is 5.73 Å². The van der Waals surface area contributed by atoms with Crippen molar-refractivity contribution < 1.29 is 8.42 Å². The van der Waals surface area contributed by atoms with Crippen molar-refractivity contribution >= 4 is 10.0 Å². The minimum absolute atomic E-state index is 0.0233. The van der Waals surface area contributed by atoms with Gasteiger partial charge in [0.1, 0.15) is 0 Å². The van der Waals surface area contributed by atoms with Crippen molar-refractivity contribution in [2.45, 2.75) is 32.2 Å². The molecule has 0 spiro atoms. The molecule has 0 aliphatic rings. The molecule has 0 aliphatic carbocycles. The zero-order chi connectivity index (χ0) is 13.1. The monoisotopic (exact) mass is 256 g/mol. The number of nitrogens with two attached hydrogens (primary N) is 1. The molecule has 96 valence electrons. The Morgan fingerprint density at radius 2 is 1.88 bits per heavy atom. The molecule has 5 heteroatoms. The summed E-state index contributed by atoms with van der Waals surface area (Å²) in [6.45, 7) is 4.13. The minimum atomic E-state index is -3.25. The first-order valence-electron chi connectivity index (χ1n) is 5.60. The van der Waals surface area contributed by atoms with E-state index in [1.165, 1.54) is 4.31 Å². The van der Waals surface area contributed by atoms with Crippen LogP contribution in [-0.4, -0.2) is 25.8 Å². The fraction of sp³-hybridized carbons (Fsp3) is 0.500. The van der Waals surface area contributed by atoms with Crippen LogP contribution in [0.1, 0.15) is 25.0 Å². The van der Waals surface area contributed by atoms with E-state index in [2.05, 4.69) is 0 Å². The summed E-state index contributed by atoms with van der Waals surface area (Å²) in [7, 11) is -1.64. The van der Waals surface area contributed by atoms with Crippen LogP contribution in [-0.2, 0) is 22.3 Å². The largest absolute Gasteiger partial charge is 0.326 e. The van der Waals surface area contributed by atoms with E-state index in [-0.39, 0.29) is 11.8 Å². The van der Waals surface area contributed by atoms with Gasteiger partial charge in [-0.2, -0.15) is 0 Å². The normalized spacial score (nSPS) is 12.4. The molecule has 0 bridgehead atoms. The molecule has 0 aromatic heterocycles. The summed E-state index contributed by atoms with van der Waals surface area (Å²) < 4.78 is 25.5. The van der Waals surface area contributed by atoms with Crippen LogP contribution in [0.5, 0.6) is 0 Å². The standard InChI is InChI=1S/C12H20N2O2S/c1-10(2)14(3)17(15,16)9-12-6-4-5-11(7-12)8-13/h4-7,10H,8-9,13H2,1-3H3. The summed E-state index contributed by atoms with van der Waals surface area (Å²) in [5.41, 5.74) is 7.26. The van der Waals surface area contributed by atoms with Crippen molar-refractivity contribution in [3.63, 3.8) is 0 Å². The van der Waals surface area contributed by atoms with Crippen molar-refractivity contribution in [2.24, 2.45) is 5.73 Å². The van der Waals surface area contributed by atoms with Crippen LogP contribution in [0.15, 0.2) is 24.3 Å². The van der Waals surface area contributed by atoms with Crippen LogP contribution in [0, 0.1) is 0 Å². The van der Waals surface area contributed by atoms with E-state index in [1.54, 1.807) is 7.05 Å². The van der Waals surface area contributed by atoms with E-state index in [0.717, 1.165) is 11.1 Å². The van der Waals surface area contributed by atoms with E-state index in [0.29, 0.717) is 6.54 Å². The van der Waals surface area contributed by atoms with E-state index >= 15 is 0 Å². The van der Waals surface area contributed by atoms with Crippen LogP contribution in [0.2, 0.25) is 0 Å². The third-order valence-electron chi connectivity index (χ3n) is 2.74. The molecule has 2 N–H and O–H groups in total. The predicted molar refractivity (Wildman–Crippen MR) is 69.9 cm³/mol. The zero-order valence-corrected chi connectivity index (χ0v) is 11.4. The lowest BCUT2D eigenvalue weighted by molar-refractivity contribution is 0.410. The first-order chi connectivity index (χ1) is 7.86. The van der Waals surface area contributed by atoms with Gasteiger partial charge in [-0.3, -0.25) is 0 Å². The summed E-state index contributed by atoms with van der Waals surface area (Å²) in [4.78, 5) is 0. The van der Waals surface area contributed by atoms with E-state index in [9.17, 15) is 8.42 Å². The predicted octanol–water partition coefficient (Wildman–Crippen LogP) is 1.32. The van der Waals surface area contributed by atoms with Gasteiger partial charge in [0.15, 0.2) is 0 Å². The molecule has 0 atom stereocenters. The molecular formula is C12H20N2O2S. The molecular weight excluding hydrogens is 236 g/mol. The first kappa shape index (κ1) is 14.2. The number of sulfonamides is 1. The molecule has 1 rings (SSSR count). The molecule has 0 aliphatic heterocycles. The van der Waals surface area contributed by atoms with Crippen molar-refractivity contribution in [2.75, 3.05) is 7.05 Å². The second kappa shape index (κ2) is 5.62. The highest BCUT2D eigenvalue weighted by atomic mass is 32.2. The molecule has 0 heterocycles. The molecule has 4 nitrogen and oxygen atoms in total. The molecule has 1 aromatic carbocycles. The Bertz CT molecular complexity index is 469. The molecule has 0 saturated heterocycles. The number of nitrogens with zero attached hydrogens (tertiary/aromatic N) is 1. The highest BCUT2D eigenvalue weighted by molar-refractivity contribution is 7.88. The molecule has 0 saturated carbocycles. The Morgan fingerprint density at radius 1 is 1.29 bits per heavy atom. The van der Waals surface area contributed by atoms with Gasteiger partial charge in [-0.15, -0.1) is 0 Å². The fourth-order valence-electron chi connectivity index (χ4n) is 1.48. The maximum atomic E-state index is 12.0. The van der Waals surface area contributed by atoms with Crippen molar-refractivity contribution in [1.82, 2.24) is 4.31 Å². The molecule has 0 fully saturated rings. The van der Waals surface area contributed by atoms with E-state index in [1.807, 2.05) is 38.1 Å². The molecule has 0 radical (unpaired) electrons. The minimum Gasteiger partial charge on any atom is -0.326 e. The summed E-state index contributed by atoms with van der Waals surface area (Å²) in [6, 6.07) is 7.35. The Kier molecular flexibility index (Phi) is 4.68. The summed E-state index contributed by atoms with van der Waals surface area (Å²) >= 11 is 0. The zero-order valence-electron chi connectivity index (χ0n) is 10.6. The fourth-order valence-corrected chi connectivity index (χ4v) is 2.93. The van der Waals surface area contributed by atoms with Crippen molar-refractivity contribution in [3.05, 3.63) is 35.4 Å². The lowest BCUT2D eigenvalue weighted by Gasteiger charge is -2.21. The molecule has 0 amide bonds. The van der Waals surface area contributed by atoms with Gasteiger partial charge in [0.2, 0.25) is 10.0 Å². The smallest absolute Gasteiger partial charge is 0.218 e. The summed E-state index contributed by atoms with van der Waals surface area (Å²) in [5, 5.41) is 0. The van der Waals surface area contributed by atoms with Gasteiger partial charge >= 0.3 is 0 Å². The van der Waals surface area contributed by atoms with Gasteiger partial charge in [-0.1, -0.05) is 24.3 Å². The number of rotatable bonds is 5. The Labute approximate surface area is 103 Å². The van der Waals surface area contributed by atoms with Gasteiger partial charge in [0, 0.05) is 19.6 Å². The number of hydrogen-bond acceptors (Lipinski definition) is 3. The Hall–Kier alpha value is -0.910. The highest BCUT2D eigenvalue weighted by Crippen LogP contribution is 2.13. The SMILES string of the molecule is CC(C)N(C)S(=O)(=O)Cc1cccc(CN)c1.